The molecule has 0 aliphatic carbocycles. The van der Waals surface area contributed by atoms with Crippen LogP contribution >= 0.6 is 11.3 Å². The number of sulfonamides is 1. The van der Waals surface area contributed by atoms with E-state index in [1.807, 2.05) is 6.92 Å². The molecule has 3 rings (SSSR count). The summed E-state index contributed by atoms with van der Waals surface area (Å²) < 4.78 is 38.9. The molecule has 0 fully saturated rings. The molecule has 0 atom stereocenters. The van der Waals surface area contributed by atoms with Gasteiger partial charge in [0, 0.05) is 11.8 Å². The number of ether oxygens (including phenoxy) is 1. The van der Waals surface area contributed by atoms with Gasteiger partial charge in [0.05, 0.1) is 12.3 Å². The lowest BCUT2D eigenvalue weighted by atomic mass is 10.2. The highest BCUT2D eigenvalue weighted by molar-refractivity contribution is 7.94. The number of nitrogens with one attached hydrogen (secondary N) is 2. The molecule has 3 aromatic rings. The number of aromatic nitrogens is 1. The number of benzene rings is 1. The standard InChI is InChI=1S/C20H21N3O5S2/c1-4-27-17-8-6-5-7-16(17)23-30(25,26)19-12-10-15(29-19)9-11-18-20(21-14(3)24)13(2)22-28-18/h5-12,23H,4H2,1-3H3,(H,21,24)/b11-9+. The van der Waals surface area contributed by atoms with E-state index < -0.39 is 10.0 Å². The molecule has 10 heteroatoms. The number of nitrogens with zero attached hydrogens (tertiary/aromatic N) is 1. The fourth-order valence-electron chi connectivity index (χ4n) is 2.58. The topological polar surface area (TPSA) is 111 Å². The smallest absolute Gasteiger partial charge is 0.271 e. The summed E-state index contributed by atoms with van der Waals surface area (Å²) >= 11 is 1.10. The van der Waals surface area contributed by atoms with Crippen molar-refractivity contribution < 1.29 is 22.5 Å². The van der Waals surface area contributed by atoms with E-state index in [1.165, 1.54) is 13.0 Å². The molecule has 2 N–H and O–H groups in total. The number of para-hydroxylation sites is 2. The lowest BCUT2D eigenvalue weighted by molar-refractivity contribution is -0.114. The van der Waals surface area contributed by atoms with Gasteiger partial charge in [-0.15, -0.1) is 11.3 Å². The summed E-state index contributed by atoms with van der Waals surface area (Å²) in [5.74, 6) is 0.606. The summed E-state index contributed by atoms with van der Waals surface area (Å²) in [6, 6.07) is 10.1. The van der Waals surface area contributed by atoms with Crippen LogP contribution in [-0.2, 0) is 14.8 Å². The summed E-state index contributed by atoms with van der Waals surface area (Å²) in [7, 11) is -3.77. The number of hydrogen-bond donors (Lipinski definition) is 2. The lowest BCUT2D eigenvalue weighted by Crippen LogP contribution is -2.12. The zero-order valence-corrected chi connectivity index (χ0v) is 18.3. The predicted molar refractivity (Wildman–Crippen MR) is 117 cm³/mol. The van der Waals surface area contributed by atoms with Crippen molar-refractivity contribution in [2.75, 3.05) is 16.6 Å². The van der Waals surface area contributed by atoms with E-state index in [-0.39, 0.29) is 10.1 Å². The highest BCUT2D eigenvalue weighted by atomic mass is 32.2. The quantitative estimate of drug-likeness (QED) is 0.530. The van der Waals surface area contributed by atoms with Crippen LogP contribution in [0.25, 0.3) is 12.2 Å². The van der Waals surface area contributed by atoms with Crippen LogP contribution in [0.4, 0.5) is 11.4 Å². The van der Waals surface area contributed by atoms with Gasteiger partial charge in [-0.3, -0.25) is 9.52 Å². The number of amides is 1. The summed E-state index contributed by atoms with van der Waals surface area (Å²) in [5.41, 5.74) is 1.41. The number of carbonyl (C=O) groups excluding carboxylic acids is 1. The SMILES string of the molecule is CCOc1ccccc1NS(=O)(=O)c1ccc(/C=C/c2onc(C)c2NC(C)=O)s1. The van der Waals surface area contributed by atoms with Gasteiger partial charge in [-0.25, -0.2) is 8.42 Å². The van der Waals surface area contributed by atoms with Crippen molar-refractivity contribution in [3.63, 3.8) is 0 Å². The first kappa shape index (κ1) is 21.6. The average Bonchev–Trinajstić information content (AvgIpc) is 3.30. The van der Waals surface area contributed by atoms with Crippen LogP contribution in [0.15, 0.2) is 45.1 Å². The van der Waals surface area contributed by atoms with Crippen molar-refractivity contribution in [3.05, 3.63) is 52.7 Å². The lowest BCUT2D eigenvalue weighted by Gasteiger charge is -2.11. The second kappa shape index (κ2) is 9.14. The third-order valence-corrected chi connectivity index (χ3v) is 6.80. The van der Waals surface area contributed by atoms with E-state index in [2.05, 4.69) is 15.2 Å². The zero-order valence-electron chi connectivity index (χ0n) is 16.6. The maximum absolute atomic E-state index is 12.8. The van der Waals surface area contributed by atoms with E-state index in [9.17, 15) is 13.2 Å². The van der Waals surface area contributed by atoms with Gasteiger partial charge in [0.25, 0.3) is 10.0 Å². The number of anilines is 2. The Hall–Kier alpha value is -3.11. The van der Waals surface area contributed by atoms with Gasteiger partial charge in [-0.05, 0) is 50.3 Å². The van der Waals surface area contributed by atoms with Crippen molar-refractivity contribution in [3.8, 4) is 5.75 Å². The normalized spacial score (nSPS) is 11.6. The van der Waals surface area contributed by atoms with Crippen molar-refractivity contribution in [1.82, 2.24) is 5.16 Å². The summed E-state index contributed by atoms with van der Waals surface area (Å²) in [6.45, 7) is 5.37. The molecule has 2 aromatic heterocycles. The van der Waals surface area contributed by atoms with E-state index in [4.69, 9.17) is 9.26 Å². The molecular formula is C20H21N3O5S2. The number of aryl methyl sites for hydroxylation is 1. The van der Waals surface area contributed by atoms with E-state index in [0.717, 1.165) is 11.3 Å². The monoisotopic (exact) mass is 447 g/mol. The van der Waals surface area contributed by atoms with Gasteiger partial charge in [-0.2, -0.15) is 0 Å². The fourth-order valence-corrected chi connectivity index (χ4v) is 4.88. The number of hydrogen-bond acceptors (Lipinski definition) is 7. The average molecular weight is 448 g/mol. The first-order valence-corrected chi connectivity index (χ1v) is 11.4. The molecular weight excluding hydrogens is 426 g/mol. The summed E-state index contributed by atoms with van der Waals surface area (Å²) in [6.07, 6.45) is 3.33. The molecule has 2 heterocycles. The molecule has 0 aliphatic rings. The van der Waals surface area contributed by atoms with Crippen LogP contribution in [-0.4, -0.2) is 26.1 Å². The summed E-state index contributed by atoms with van der Waals surface area (Å²) in [5, 5.41) is 6.51. The van der Waals surface area contributed by atoms with Crippen LogP contribution in [0.2, 0.25) is 0 Å². The van der Waals surface area contributed by atoms with E-state index >= 15 is 0 Å². The highest BCUT2D eigenvalue weighted by Crippen LogP contribution is 2.30. The minimum absolute atomic E-state index is 0.157. The molecule has 1 aromatic carbocycles. The fraction of sp³-hybridized carbons (Fsp3) is 0.200. The van der Waals surface area contributed by atoms with Crippen LogP contribution in [0.1, 0.15) is 30.2 Å². The van der Waals surface area contributed by atoms with Crippen molar-refractivity contribution in [1.29, 1.82) is 0 Å². The minimum atomic E-state index is -3.77. The maximum atomic E-state index is 12.8. The largest absolute Gasteiger partial charge is 0.492 e. The molecule has 0 aliphatic heterocycles. The molecule has 0 unspecified atom stereocenters. The second-order valence-corrected chi connectivity index (χ2v) is 9.24. The van der Waals surface area contributed by atoms with Crippen LogP contribution in [0.5, 0.6) is 5.75 Å². The van der Waals surface area contributed by atoms with Gasteiger partial charge in [0.15, 0.2) is 5.76 Å². The first-order valence-electron chi connectivity index (χ1n) is 9.06. The molecule has 8 nitrogen and oxygen atoms in total. The molecule has 0 saturated heterocycles. The van der Waals surface area contributed by atoms with Gasteiger partial charge < -0.3 is 14.6 Å². The number of rotatable bonds is 8. The predicted octanol–water partition coefficient (Wildman–Crippen LogP) is 4.37. The first-order chi connectivity index (χ1) is 14.3. The zero-order chi connectivity index (χ0) is 21.7. The van der Waals surface area contributed by atoms with Crippen molar-refractivity contribution in [2.24, 2.45) is 0 Å². The van der Waals surface area contributed by atoms with Gasteiger partial charge >= 0.3 is 0 Å². The Morgan fingerprint density at radius 1 is 1.23 bits per heavy atom. The van der Waals surface area contributed by atoms with E-state index in [0.29, 0.717) is 40.1 Å². The summed E-state index contributed by atoms with van der Waals surface area (Å²) in [4.78, 5) is 12.0. The molecule has 0 saturated carbocycles. The Labute approximate surface area is 178 Å². The molecule has 0 bridgehead atoms. The van der Waals surface area contributed by atoms with E-state index in [1.54, 1.807) is 49.4 Å². The van der Waals surface area contributed by atoms with Crippen molar-refractivity contribution >= 4 is 50.8 Å². The molecule has 30 heavy (non-hydrogen) atoms. The molecule has 158 valence electrons. The Bertz CT molecular complexity index is 1180. The third kappa shape index (κ3) is 5.08. The minimum Gasteiger partial charge on any atom is -0.492 e. The number of thiophene rings is 1. The Morgan fingerprint density at radius 2 is 2.00 bits per heavy atom. The number of carbonyl (C=O) groups is 1. The highest BCUT2D eigenvalue weighted by Gasteiger charge is 2.19. The third-order valence-electron chi connectivity index (χ3n) is 3.89. The Balaban J connectivity index is 1.79. The van der Waals surface area contributed by atoms with Crippen LogP contribution < -0.4 is 14.8 Å². The van der Waals surface area contributed by atoms with Crippen LogP contribution in [0.3, 0.4) is 0 Å². The molecule has 0 spiro atoms. The van der Waals surface area contributed by atoms with Crippen molar-refractivity contribution in [2.45, 2.75) is 25.0 Å². The Morgan fingerprint density at radius 3 is 2.73 bits per heavy atom. The molecule has 0 radical (unpaired) electrons. The van der Waals surface area contributed by atoms with Gasteiger partial charge in [-0.1, -0.05) is 17.3 Å². The second-order valence-electron chi connectivity index (χ2n) is 6.21. The van der Waals surface area contributed by atoms with Gasteiger partial charge in [0.2, 0.25) is 5.91 Å². The molecule has 1 amide bonds. The maximum Gasteiger partial charge on any atom is 0.271 e. The Kier molecular flexibility index (Phi) is 6.58. The van der Waals surface area contributed by atoms with Crippen LogP contribution in [0, 0.1) is 6.92 Å². The van der Waals surface area contributed by atoms with Gasteiger partial charge in [0.1, 0.15) is 21.3 Å².